The summed E-state index contributed by atoms with van der Waals surface area (Å²) in [4.78, 5) is 2.59. The molecule has 2 aromatic carbocycles. The molecule has 1 heterocycles. The first kappa shape index (κ1) is 16.5. The molecule has 0 amide bonds. The third-order valence-corrected chi connectivity index (χ3v) is 6.35. The number of hydrogen-bond acceptors (Lipinski definition) is 3. The van der Waals surface area contributed by atoms with Gasteiger partial charge in [0.1, 0.15) is 0 Å². The molecule has 1 saturated heterocycles. The van der Waals surface area contributed by atoms with Gasteiger partial charge in [0, 0.05) is 18.1 Å². The van der Waals surface area contributed by atoms with E-state index in [2.05, 4.69) is 29.2 Å². The second-order valence-electron chi connectivity index (χ2n) is 5.97. The van der Waals surface area contributed by atoms with Gasteiger partial charge >= 0.3 is 0 Å². The Morgan fingerprint density at radius 2 is 1.74 bits per heavy atom. The number of halogens is 1. The normalized spacial score (nSPS) is 19.1. The molecule has 1 aliphatic heterocycles. The molecular formula is C18H20ClNO2S. The number of benzene rings is 2. The number of nitrogens with zero attached hydrogens (tertiary/aromatic N) is 1. The summed E-state index contributed by atoms with van der Waals surface area (Å²) in [6, 6.07) is 16.8. The van der Waals surface area contributed by atoms with E-state index in [9.17, 15) is 8.42 Å². The highest BCUT2D eigenvalue weighted by atomic mass is 35.5. The zero-order valence-corrected chi connectivity index (χ0v) is 14.4. The van der Waals surface area contributed by atoms with Crippen LogP contribution in [0, 0.1) is 0 Å². The van der Waals surface area contributed by atoms with Gasteiger partial charge in [0.15, 0.2) is 9.84 Å². The van der Waals surface area contributed by atoms with Crippen molar-refractivity contribution in [3.8, 4) is 0 Å². The Labute approximate surface area is 142 Å². The highest BCUT2D eigenvalue weighted by Crippen LogP contribution is 2.27. The van der Waals surface area contributed by atoms with Crippen LogP contribution >= 0.6 is 11.6 Å². The molecule has 0 radical (unpaired) electrons. The van der Waals surface area contributed by atoms with E-state index in [1.54, 1.807) is 24.3 Å². The van der Waals surface area contributed by atoms with Crippen LogP contribution in [0.25, 0.3) is 0 Å². The van der Waals surface area contributed by atoms with Crippen LogP contribution in [0.5, 0.6) is 0 Å². The minimum absolute atomic E-state index is 0.149. The van der Waals surface area contributed by atoms with Crippen LogP contribution < -0.4 is 0 Å². The SMILES string of the molecule is O=S(=O)(CCN1CC[C@@H](c2ccccc2)C1)c1ccc(Cl)cc1. The molecule has 0 spiro atoms. The Balaban J connectivity index is 1.58. The third kappa shape index (κ3) is 4.14. The lowest BCUT2D eigenvalue weighted by Gasteiger charge is -2.16. The van der Waals surface area contributed by atoms with Gasteiger partial charge in [-0.05, 0) is 48.7 Å². The lowest BCUT2D eigenvalue weighted by atomic mass is 9.99. The Bertz CT molecular complexity index is 744. The van der Waals surface area contributed by atoms with Crippen molar-refractivity contribution >= 4 is 21.4 Å². The third-order valence-electron chi connectivity index (χ3n) is 4.39. The molecule has 0 unspecified atom stereocenters. The second-order valence-corrected chi connectivity index (χ2v) is 8.52. The van der Waals surface area contributed by atoms with Crippen LogP contribution in [-0.2, 0) is 9.84 Å². The predicted octanol–water partition coefficient (Wildman–Crippen LogP) is 3.60. The fourth-order valence-electron chi connectivity index (χ4n) is 3.04. The van der Waals surface area contributed by atoms with E-state index < -0.39 is 9.84 Å². The molecule has 3 nitrogen and oxygen atoms in total. The van der Waals surface area contributed by atoms with E-state index in [0.29, 0.717) is 22.4 Å². The van der Waals surface area contributed by atoms with Crippen LogP contribution in [-0.4, -0.2) is 38.7 Å². The van der Waals surface area contributed by atoms with Gasteiger partial charge in [-0.1, -0.05) is 41.9 Å². The highest BCUT2D eigenvalue weighted by Gasteiger charge is 2.25. The summed E-state index contributed by atoms with van der Waals surface area (Å²) in [7, 11) is -3.25. The first-order chi connectivity index (χ1) is 11.0. The average Bonchev–Trinajstić information content (AvgIpc) is 3.03. The standard InChI is InChI=1S/C18H20ClNO2S/c19-17-6-8-18(9-7-17)23(21,22)13-12-20-11-10-16(14-20)15-4-2-1-3-5-15/h1-9,16H,10-14H2/t16-/m1/s1. The maximum atomic E-state index is 12.4. The summed E-state index contributed by atoms with van der Waals surface area (Å²) in [6.07, 6.45) is 1.09. The minimum atomic E-state index is -3.25. The van der Waals surface area contributed by atoms with Gasteiger partial charge in [-0.2, -0.15) is 0 Å². The quantitative estimate of drug-likeness (QED) is 0.827. The minimum Gasteiger partial charge on any atom is -0.302 e. The van der Waals surface area contributed by atoms with Gasteiger partial charge in [0.2, 0.25) is 0 Å². The van der Waals surface area contributed by atoms with Crippen LogP contribution in [0.4, 0.5) is 0 Å². The summed E-state index contributed by atoms with van der Waals surface area (Å²) in [5, 5.41) is 0.550. The number of rotatable bonds is 5. The largest absolute Gasteiger partial charge is 0.302 e. The Kier molecular flexibility index (Phi) is 5.05. The molecule has 0 bridgehead atoms. The van der Waals surface area contributed by atoms with Crippen molar-refractivity contribution in [2.24, 2.45) is 0 Å². The molecule has 3 rings (SSSR count). The first-order valence-corrected chi connectivity index (χ1v) is 9.83. The van der Waals surface area contributed by atoms with Crippen LogP contribution in [0.15, 0.2) is 59.5 Å². The van der Waals surface area contributed by atoms with Gasteiger partial charge in [0.05, 0.1) is 10.6 Å². The molecule has 1 fully saturated rings. The van der Waals surface area contributed by atoms with E-state index >= 15 is 0 Å². The summed E-state index contributed by atoms with van der Waals surface area (Å²) in [5.41, 5.74) is 1.34. The van der Waals surface area contributed by atoms with Crippen molar-refractivity contribution in [3.05, 3.63) is 65.2 Å². The topological polar surface area (TPSA) is 37.4 Å². The first-order valence-electron chi connectivity index (χ1n) is 7.80. The molecule has 0 saturated carbocycles. The van der Waals surface area contributed by atoms with Gasteiger partial charge in [-0.3, -0.25) is 0 Å². The van der Waals surface area contributed by atoms with E-state index in [1.165, 1.54) is 5.56 Å². The van der Waals surface area contributed by atoms with Crippen LogP contribution in [0.3, 0.4) is 0 Å². The predicted molar refractivity (Wildman–Crippen MR) is 93.7 cm³/mol. The summed E-state index contributed by atoms with van der Waals surface area (Å²) >= 11 is 5.81. The Hall–Kier alpha value is -1.36. The summed E-state index contributed by atoms with van der Waals surface area (Å²) in [5.74, 6) is 0.658. The maximum absolute atomic E-state index is 12.4. The smallest absolute Gasteiger partial charge is 0.179 e. The molecule has 1 aliphatic rings. The molecule has 0 aliphatic carbocycles. The maximum Gasteiger partial charge on any atom is 0.179 e. The Morgan fingerprint density at radius 1 is 1.04 bits per heavy atom. The molecular weight excluding hydrogens is 330 g/mol. The van der Waals surface area contributed by atoms with Crippen molar-refractivity contribution < 1.29 is 8.42 Å². The number of sulfone groups is 1. The Morgan fingerprint density at radius 3 is 2.43 bits per heavy atom. The lowest BCUT2D eigenvalue weighted by Crippen LogP contribution is -2.27. The second kappa shape index (κ2) is 7.04. The number of likely N-dealkylation sites (tertiary alicyclic amines) is 1. The van der Waals surface area contributed by atoms with Crippen LogP contribution in [0.1, 0.15) is 17.9 Å². The molecule has 1 atom stereocenters. The van der Waals surface area contributed by atoms with E-state index in [-0.39, 0.29) is 5.75 Å². The fraction of sp³-hybridized carbons (Fsp3) is 0.333. The van der Waals surface area contributed by atoms with Crippen LogP contribution in [0.2, 0.25) is 5.02 Å². The zero-order valence-electron chi connectivity index (χ0n) is 12.9. The van der Waals surface area contributed by atoms with Gasteiger partial charge in [-0.25, -0.2) is 8.42 Å². The van der Waals surface area contributed by atoms with Gasteiger partial charge in [0.25, 0.3) is 0 Å². The van der Waals surface area contributed by atoms with Crippen molar-refractivity contribution in [2.75, 3.05) is 25.4 Å². The summed E-state index contributed by atoms with van der Waals surface area (Å²) in [6.45, 7) is 2.46. The molecule has 122 valence electrons. The van der Waals surface area contributed by atoms with E-state index in [4.69, 9.17) is 11.6 Å². The molecule has 5 heteroatoms. The average molecular weight is 350 g/mol. The summed E-state index contributed by atoms with van der Waals surface area (Å²) < 4.78 is 24.8. The van der Waals surface area contributed by atoms with E-state index in [1.807, 2.05) is 6.07 Å². The fourth-order valence-corrected chi connectivity index (χ4v) is 4.45. The number of hydrogen-bond donors (Lipinski definition) is 0. The van der Waals surface area contributed by atoms with Crippen molar-refractivity contribution in [3.63, 3.8) is 0 Å². The van der Waals surface area contributed by atoms with Crippen molar-refractivity contribution in [2.45, 2.75) is 17.2 Å². The van der Waals surface area contributed by atoms with Gasteiger partial charge < -0.3 is 4.90 Å². The van der Waals surface area contributed by atoms with E-state index in [0.717, 1.165) is 19.5 Å². The van der Waals surface area contributed by atoms with Crippen molar-refractivity contribution in [1.82, 2.24) is 4.90 Å². The molecule has 0 aromatic heterocycles. The van der Waals surface area contributed by atoms with Gasteiger partial charge in [-0.15, -0.1) is 0 Å². The molecule has 23 heavy (non-hydrogen) atoms. The zero-order chi connectivity index (χ0) is 16.3. The lowest BCUT2D eigenvalue weighted by molar-refractivity contribution is 0.354. The molecule has 0 N–H and O–H groups in total. The molecule has 2 aromatic rings. The van der Waals surface area contributed by atoms with Crippen molar-refractivity contribution in [1.29, 1.82) is 0 Å². The highest BCUT2D eigenvalue weighted by molar-refractivity contribution is 7.91. The monoisotopic (exact) mass is 349 g/mol.